The third-order valence-electron chi connectivity index (χ3n) is 3.14. The minimum Gasteiger partial charge on any atom is -0.422 e. The number of carbonyl (C=O) groups is 1. The Labute approximate surface area is 125 Å². The normalized spacial score (nSPS) is 9.95. The van der Waals surface area contributed by atoms with Gasteiger partial charge < -0.3 is 15.1 Å². The van der Waals surface area contributed by atoms with E-state index in [4.69, 9.17) is 10.2 Å². The highest BCUT2D eigenvalue weighted by Crippen LogP contribution is 2.24. The number of primary amides is 1. The van der Waals surface area contributed by atoms with Crippen LogP contribution in [-0.4, -0.2) is 20.0 Å². The number of aryl methyl sites for hydroxylation is 1. The van der Waals surface area contributed by atoms with Crippen LogP contribution in [0.4, 0.5) is 5.69 Å². The molecule has 5 nitrogen and oxygen atoms in total. The molecule has 1 aromatic carbocycles. The van der Waals surface area contributed by atoms with E-state index in [1.165, 1.54) is 0 Å². The maximum absolute atomic E-state index is 11.9. The lowest BCUT2D eigenvalue weighted by atomic mass is 10.0. The smallest absolute Gasteiger partial charge is 0.340 e. The van der Waals surface area contributed by atoms with Crippen LogP contribution >= 0.6 is 0 Å². The molecule has 1 aromatic heterocycles. The first-order valence-corrected chi connectivity index (χ1v) is 6.92. The Morgan fingerprint density at radius 2 is 1.95 bits per heavy atom. The van der Waals surface area contributed by atoms with Crippen LogP contribution in [0.1, 0.15) is 26.4 Å². The third-order valence-corrected chi connectivity index (χ3v) is 3.14. The van der Waals surface area contributed by atoms with Crippen molar-refractivity contribution in [1.82, 2.24) is 0 Å². The molecule has 5 heteroatoms. The average Bonchev–Trinajstić information content (AvgIpc) is 2.44. The molecule has 0 saturated carbocycles. The van der Waals surface area contributed by atoms with Crippen LogP contribution in [0.25, 0.3) is 11.0 Å². The van der Waals surface area contributed by atoms with Crippen LogP contribution in [-0.2, 0) is 11.2 Å². The Bertz CT molecular complexity index is 708. The Morgan fingerprint density at radius 3 is 2.48 bits per heavy atom. The van der Waals surface area contributed by atoms with Crippen LogP contribution in [0, 0.1) is 6.92 Å². The van der Waals surface area contributed by atoms with Crippen molar-refractivity contribution in [2.24, 2.45) is 5.73 Å². The molecule has 0 aliphatic carbocycles. The minimum absolute atomic E-state index is 0. The zero-order valence-electron chi connectivity index (χ0n) is 13.2. The molecule has 116 valence electrons. The first kappa shape index (κ1) is 16.8. The SMILES string of the molecule is CC.Cc1c(CC(N)=O)c(=O)oc2cc(N(C)C)ccc12.[HH]. The molecule has 0 unspecified atom stereocenters. The minimum atomic E-state index is -0.542. The number of nitrogens with two attached hydrogens (primary N) is 1. The molecule has 0 bridgehead atoms. The van der Waals surface area contributed by atoms with Crippen molar-refractivity contribution < 1.29 is 10.6 Å². The largest absolute Gasteiger partial charge is 0.422 e. The van der Waals surface area contributed by atoms with Gasteiger partial charge in [-0.2, -0.15) is 0 Å². The van der Waals surface area contributed by atoms with Crippen LogP contribution < -0.4 is 16.3 Å². The van der Waals surface area contributed by atoms with Crippen molar-refractivity contribution in [2.75, 3.05) is 19.0 Å². The fourth-order valence-corrected chi connectivity index (χ4v) is 2.04. The molecule has 0 spiro atoms. The lowest BCUT2D eigenvalue weighted by Gasteiger charge is -2.13. The Morgan fingerprint density at radius 1 is 1.33 bits per heavy atom. The van der Waals surface area contributed by atoms with E-state index in [0.717, 1.165) is 16.6 Å². The fraction of sp³-hybridized carbons (Fsp3) is 0.375. The molecule has 0 radical (unpaired) electrons. The van der Waals surface area contributed by atoms with Crippen molar-refractivity contribution in [2.45, 2.75) is 27.2 Å². The van der Waals surface area contributed by atoms with Gasteiger partial charge in [0.05, 0.1) is 12.0 Å². The first-order chi connectivity index (χ1) is 9.90. The van der Waals surface area contributed by atoms with Crippen LogP contribution in [0.15, 0.2) is 27.4 Å². The Kier molecular flexibility index (Phi) is 5.52. The van der Waals surface area contributed by atoms with E-state index in [9.17, 15) is 9.59 Å². The summed E-state index contributed by atoms with van der Waals surface area (Å²) in [6.07, 6.45) is -0.0977. The standard InChI is InChI=1S/C14H16N2O3.C2H6.H2/c1-8-10-5-4-9(16(2)3)6-12(10)19-14(18)11(8)7-13(15)17;1-2;/h4-6H,7H2,1-3H3,(H2,15,17);1-2H3;1H. The maximum atomic E-state index is 11.9. The van der Waals surface area contributed by atoms with Crippen molar-refractivity contribution in [3.05, 3.63) is 39.7 Å². The van der Waals surface area contributed by atoms with Crippen LogP contribution in [0.3, 0.4) is 0 Å². The highest BCUT2D eigenvalue weighted by atomic mass is 16.4. The predicted octanol–water partition coefficient (Wildman–Crippen LogP) is 2.47. The Hall–Kier alpha value is -2.30. The summed E-state index contributed by atoms with van der Waals surface area (Å²) in [5.74, 6) is -0.542. The van der Waals surface area contributed by atoms with E-state index < -0.39 is 11.5 Å². The van der Waals surface area contributed by atoms with Crippen LogP contribution in [0.2, 0.25) is 0 Å². The van der Waals surface area contributed by atoms with Gasteiger partial charge in [-0.1, -0.05) is 13.8 Å². The lowest BCUT2D eigenvalue weighted by Crippen LogP contribution is -2.20. The molecule has 0 atom stereocenters. The van der Waals surface area contributed by atoms with Gasteiger partial charge in [0.1, 0.15) is 5.58 Å². The van der Waals surface area contributed by atoms with E-state index in [0.29, 0.717) is 11.1 Å². The first-order valence-electron chi connectivity index (χ1n) is 6.92. The van der Waals surface area contributed by atoms with E-state index in [2.05, 4.69) is 0 Å². The van der Waals surface area contributed by atoms with Crippen molar-refractivity contribution in [1.29, 1.82) is 0 Å². The lowest BCUT2D eigenvalue weighted by molar-refractivity contribution is -0.117. The van der Waals surface area contributed by atoms with Crippen molar-refractivity contribution in [3.63, 3.8) is 0 Å². The van der Waals surface area contributed by atoms with Crippen molar-refractivity contribution >= 4 is 22.6 Å². The molecule has 21 heavy (non-hydrogen) atoms. The molecule has 0 aliphatic heterocycles. The summed E-state index contributed by atoms with van der Waals surface area (Å²) in [6.45, 7) is 5.80. The number of hydrogen-bond acceptors (Lipinski definition) is 4. The zero-order chi connectivity index (χ0) is 16.2. The quantitative estimate of drug-likeness (QED) is 0.882. The summed E-state index contributed by atoms with van der Waals surface area (Å²) in [5.41, 5.74) is 7.18. The summed E-state index contributed by atoms with van der Waals surface area (Å²) in [5, 5.41) is 0.821. The number of nitrogens with zero attached hydrogens (tertiary/aromatic N) is 1. The molecular formula is C16H24N2O3. The maximum Gasteiger partial charge on any atom is 0.340 e. The molecule has 0 aliphatic rings. The van der Waals surface area contributed by atoms with E-state index in [1.807, 2.05) is 45.0 Å². The fourth-order valence-electron chi connectivity index (χ4n) is 2.04. The monoisotopic (exact) mass is 292 g/mol. The van der Waals surface area contributed by atoms with Gasteiger partial charge in [-0.05, 0) is 24.6 Å². The van der Waals surface area contributed by atoms with Gasteiger partial charge >= 0.3 is 5.63 Å². The van der Waals surface area contributed by atoms with Crippen molar-refractivity contribution in [3.8, 4) is 0 Å². The molecule has 0 fully saturated rings. The van der Waals surface area contributed by atoms with E-state index in [-0.39, 0.29) is 7.85 Å². The highest BCUT2D eigenvalue weighted by molar-refractivity contribution is 5.86. The number of benzene rings is 1. The van der Waals surface area contributed by atoms with Gasteiger partial charge in [0, 0.05) is 32.7 Å². The van der Waals surface area contributed by atoms with Gasteiger partial charge in [-0.15, -0.1) is 0 Å². The van der Waals surface area contributed by atoms with E-state index in [1.54, 1.807) is 13.0 Å². The zero-order valence-corrected chi connectivity index (χ0v) is 13.2. The second-order valence-corrected chi connectivity index (χ2v) is 4.71. The molecule has 1 heterocycles. The number of amides is 1. The molecular weight excluding hydrogens is 268 g/mol. The molecule has 1 amide bonds. The van der Waals surface area contributed by atoms with Gasteiger partial charge in [0.2, 0.25) is 5.91 Å². The summed E-state index contributed by atoms with van der Waals surface area (Å²) in [6, 6.07) is 5.62. The van der Waals surface area contributed by atoms with Gasteiger partial charge in [-0.25, -0.2) is 4.79 Å². The summed E-state index contributed by atoms with van der Waals surface area (Å²) < 4.78 is 5.28. The molecule has 0 saturated heterocycles. The van der Waals surface area contributed by atoms with Crippen LogP contribution in [0.5, 0.6) is 0 Å². The number of hydrogen-bond donors (Lipinski definition) is 1. The average molecular weight is 292 g/mol. The van der Waals surface area contributed by atoms with Gasteiger partial charge in [-0.3, -0.25) is 4.79 Å². The molecule has 2 aromatic rings. The summed E-state index contributed by atoms with van der Waals surface area (Å²) in [7, 11) is 3.82. The second-order valence-electron chi connectivity index (χ2n) is 4.71. The molecule has 2 rings (SSSR count). The number of carbonyl (C=O) groups excluding carboxylic acids is 1. The topological polar surface area (TPSA) is 76.5 Å². The second kappa shape index (κ2) is 6.92. The molecule has 2 N–H and O–H groups in total. The number of fused-ring (bicyclic) bond motifs is 1. The van der Waals surface area contributed by atoms with E-state index >= 15 is 0 Å². The third kappa shape index (κ3) is 3.62. The predicted molar refractivity (Wildman–Crippen MR) is 87.9 cm³/mol. The number of rotatable bonds is 3. The number of anilines is 1. The van der Waals surface area contributed by atoms with Gasteiger partial charge in [0.25, 0.3) is 0 Å². The highest BCUT2D eigenvalue weighted by Gasteiger charge is 2.13. The summed E-state index contributed by atoms with van der Waals surface area (Å²) >= 11 is 0. The summed E-state index contributed by atoms with van der Waals surface area (Å²) in [4.78, 5) is 24.8. The van der Waals surface area contributed by atoms with Gasteiger partial charge in [0.15, 0.2) is 0 Å². The Balaban J connectivity index is 0.00000141.